The summed E-state index contributed by atoms with van der Waals surface area (Å²) < 4.78 is 6.79. The number of carbonyl (C=O) groups is 1. The fourth-order valence-corrected chi connectivity index (χ4v) is 2.16. The fraction of sp³-hybridized carbons (Fsp3) is 0.357. The Labute approximate surface area is 132 Å². The second-order valence-corrected chi connectivity index (χ2v) is 4.94. The summed E-state index contributed by atoms with van der Waals surface area (Å²) in [7, 11) is 0. The molecule has 0 unspecified atom stereocenters. The van der Waals surface area contributed by atoms with Gasteiger partial charge in [-0.1, -0.05) is 0 Å². The largest absolute Gasteiger partial charge is 0.378 e. The molecule has 0 spiro atoms. The van der Waals surface area contributed by atoms with Crippen LogP contribution >= 0.6 is 0 Å². The second-order valence-electron chi connectivity index (χ2n) is 4.94. The Morgan fingerprint density at radius 1 is 1.30 bits per heavy atom. The Bertz CT molecular complexity index is 713. The number of anilines is 2. The van der Waals surface area contributed by atoms with Crippen LogP contribution in [0.5, 0.6) is 0 Å². The maximum atomic E-state index is 12.1. The lowest BCUT2D eigenvalue weighted by atomic mass is 10.4. The van der Waals surface area contributed by atoms with Crippen LogP contribution in [0.25, 0.3) is 0 Å². The lowest BCUT2D eigenvalue weighted by Gasteiger charge is -2.26. The zero-order chi connectivity index (χ0) is 16.1. The number of carbonyl (C=O) groups excluding carboxylic acids is 1. The van der Waals surface area contributed by atoms with E-state index in [0.29, 0.717) is 37.8 Å². The van der Waals surface area contributed by atoms with Crippen molar-refractivity contribution in [3.8, 4) is 6.07 Å². The van der Waals surface area contributed by atoms with Crippen molar-refractivity contribution in [1.29, 1.82) is 5.26 Å². The summed E-state index contributed by atoms with van der Waals surface area (Å²) in [4.78, 5) is 21.9. The van der Waals surface area contributed by atoms with E-state index in [1.54, 1.807) is 22.0 Å². The molecule has 23 heavy (non-hydrogen) atoms. The van der Waals surface area contributed by atoms with Crippen LogP contribution in [0.1, 0.15) is 5.69 Å². The van der Waals surface area contributed by atoms with Gasteiger partial charge in [0.25, 0.3) is 0 Å². The smallest absolute Gasteiger partial charge is 0.244 e. The Morgan fingerprint density at radius 3 is 2.83 bits per heavy atom. The van der Waals surface area contributed by atoms with Crippen LogP contribution in [0.15, 0.2) is 24.8 Å². The minimum absolute atomic E-state index is 0.0149. The third kappa shape index (κ3) is 3.81. The molecule has 1 saturated heterocycles. The summed E-state index contributed by atoms with van der Waals surface area (Å²) in [5.41, 5.74) is 0.945. The molecular weight excluding hydrogens is 298 g/mol. The molecule has 0 bridgehead atoms. The summed E-state index contributed by atoms with van der Waals surface area (Å²) in [6.45, 7) is 2.57. The van der Waals surface area contributed by atoms with Gasteiger partial charge in [0.1, 0.15) is 18.4 Å². The van der Waals surface area contributed by atoms with Crippen LogP contribution in [0.3, 0.4) is 0 Å². The van der Waals surface area contributed by atoms with E-state index < -0.39 is 0 Å². The highest BCUT2D eigenvalue weighted by Crippen LogP contribution is 2.12. The minimum atomic E-state index is 0.0149. The van der Waals surface area contributed by atoms with Gasteiger partial charge in [0.2, 0.25) is 5.91 Å². The van der Waals surface area contributed by atoms with Gasteiger partial charge in [-0.3, -0.25) is 9.48 Å². The van der Waals surface area contributed by atoms with Crippen LogP contribution in [-0.2, 0) is 16.1 Å². The number of nitrogens with one attached hydrogen (secondary N) is 1. The van der Waals surface area contributed by atoms with E-state index >= 15 is 0 Å². The van der Waals surface area contributed by atoms with Gasteiger partial charge >= 0.3 is 0 Å². The Hall–Kier alpha value is -2.99. The molecule has 0 aliphatic carbocycles. The van der Waals surface area contributed by atoms with Crippen molar-refractivity contribution in [2.24, 2.45) is 0 Å². The maximum Gasteiger partial charge on any atom is 0.244 e. The first-order chi connectivity index (χ1) is 11.2. The molecule has 1 fully saturated rings. The molecule has 1 amide bonds. The molecule has 0 saturated carbocycles. The Kier molecular flexibility index (Phi) is 4.44. The van der Waals surface area contributed by atoms with Gasteiger partial charge in [-0.2, -0.15) is 10.4 Å². The first kappa shape index (κ1) is 14.9. The lowest BCUT2D eigenvalue weighted by Crippen LogP contribution is -2.42. The second kappa shape index (κ2) is 6.85. The zero-order valence-electron chi connectivity index (χ0n) is 12.3. The third-order valence-electron chi connectivity index (χ3n) is 3.33. The SMILES string of the molecule is N#Cc1cnc(Nc2cnn(CC(=O)N3CCOCC3)c2)cn1. The van der Waals surface area contributed by atoms with Crippen molar-refractivity contribution < 1.29 is 9.53 Å². The third-order valence-corrected chi connectivity index (χ3v) is 3.33. The molecule has 0 atom stereocenters. The average molecular weight is 313 g/mol. The summed E-state index contributed by atoms with van der Waals surface area (Å²) in [5, 5.41) is 15.9. The van der Waals surface area contributed by atoms with E-state index in [2.05, 4.69) is 20.4 Å². The number of nitriles is 1. The highest BCUT2D eigenvalue weighted by molar-refractivity contribution is 5.76. The molecular formula is C14H15N7O2. The fourth-order valence-electron chi connectivity index (χ4n) is 2.16. The van der Waals surface area contributed by atoms with E-state index in [9.17, 15) is 4.79 Å². The number of aromatic nitrogens is 4. The highest BCUT2D eigenvalue weighted by Gasteiger charge is 2.17. The Balaban J connectivity index is 1.59. The van der Waals surface area contributed by atoms with Crippen LogP contribution in [0.2, 0.25) is 0 Å². The quantitative estimate of drug-likeness (QED) is 0.855. The van der Waals surface area contributed by atoms with Crippen LogP contribution < -0.4 is 5.32 Å². The molecule has 9 heteroatoms. The maximum absolute atomic E-state index is 12.1. The average Bonchev–Trinajstić information content (AvgIpc) is 3.03. The molecule has 3 rings (SSSR count). The number of rotatable bonds is 4. The molecule has 2 aromatic rings. The topological polar surface area (TPSA) is 109 Å². The normalized spacial score (nSPS) is 14.3. The van der Waals surface area contributed by atoms with Gasteiger partial charge in [-0.05, 0) is 0 Å². The minimum Gasteiger partial charge on any atom is -0.378 e. The van der Waals surface area contributed by atoms with E-state index in [1.165, 1.54) is 12.4 Å². The Morgan fingerprint density at radius 2 is 2.13 bits per heavy atom. The number of morpholine rings is 1. The standard InChI is InChI=1S/C14H15N7O2/c15-5-11-6-17-13(8-16-11)19-12-7-18-21(9-12)10-14(22)20-1-3-23-4-2-20/h6-9H,1-4,10H2,(H,17,19). The molecule has 3 heterocycles. The molecule has 0 aromatic carbocycles. The summed E-state index contributed by atoms with van der Waals surface area (Å²) >= 11 is 0. The monoisotopic (exact) mass is 313 g/mol. The van der Waals surface area contributed by atoms with Crippen molar-refractivity contribution in [3.63, 3.8) is 0 Å². The van der Waals surface area contributed by atoms with Gasteiger partial charge in [-0.15, -0.1) is 0 Å². The van der Waals surface area contributed by atoms with Crippen molar-refractivity contribution >= 4 is 17.4 Å². The van der Waals surface area contributed by atoms with Crippen LogP contribution in [0.4, 0.5) is 11.5 Å². The molecule has 9 nitrogen and oxygen atoms in total. The summed E-state index contributed by atoms with van der Waals surface area (Å²) in [6.07, 6.45) is 6.17. The van der Waals surface area contributed by atoms with Gasteiger partial charge in [0, 0.05) is 19.3 Å². The van der Waals surface area contributed by atoms with E-state index in [4.69, 9.17) is 10.00 Å². The zero-order valence-corrected chi connectivity index (χ0v) is 12.3. The van der Waals surface area contributed by atoms with Gasteiger partial charge in [0.05, 0.1) is 37.5 Å². The molecule has 0 radical (unpaired) electrons. The highest BCUT2D eigenvalue weighted by atomic mass is 16.5. The van der Waals surface area contributed by atoms with E-state index in [1.807, 2.05) is 6.07 Å². The van der Waals surface area contributed by atoms with Crippen molar-refractivity contribution in [3.05, 3.63) is 30.5 Å². The van der Waals surface area contributed by atoms with Crippen molar-refractivity contribution in [2.45, 2.75) is 6.54 Å². The van der Waals surface area contributed by atoms with Crippen LogP contribution in [-0.4, -0.2) is 56.9 Å². The number of hydrogen-bond acceptors (Lipinski definition) is 7. The predicted octanol–water partition coefficient (Wildman–Crippen LogP) is 0.147. The summed E-state index contributed by atoms with van der Waals surface area (Å²) in [6, 6.07) is 1.91. The lowest BCUT2D eigenvalue weighted by molar-refractivity contribution is -0.136. The molecule has 118 valence electrons. The van der Waals surface area contributed by atoms with Crippen LogP contribution in [0, 0.1) is 11.3 Å². The predicted molar refractivity (Wildman–Crippen MR) is 79.7 cm³/mol. The van der Waals surface area contributed by atoms with Gasteiger partial charge < -0.3 is 15.0 Å². The number of nitrogens with zero attached hydrogens (tertiary/aromatic N) is 6. The first-order valence-corrected chi connectivity index (χ1v) is 7.12. The van der Waals surface area contributed by atoms with Gasteiger partial charge in [0.15, 0.2) is 5.69 Å². The van der Waals surface area contributed by atoms with Crippen molar-refractivity contribution in [1.82, 2.24) is 24.6 Å². The molecule has 1 aliphatic heterocycles. The number of hydrogen-bond donors (Lipinski definition) is 1. The van der Waals surface area contributed by atoms with E-state index in [0.717, 1.165) is 0 Å². The molecule has 2 aromatic heterocycles. The first-order valence-electron chi connectivity index (χ1n) is 7.12. The molecule has 1 aliphatic rings. The van der Waals surface area contributed by atoms with Gasteiger partial charge in [-0.25, -0.2) is 9.97 Å². The number of amides is 1. The van der Waals surface area contributed by atoms with E-state index in [-0.39, 0.29) is 18.1 Å². The number of ether oxygens (including phenoxy) is 1. The summed E-state index contributed by atoms with van der Waals surface area (Å²) in [5.74, 6) is 0.518. The molecule has 1 N–H and O–H groups in total. The van der Waals surface area contributed by atoms with Crippen molar-refractivity contribution in [2.75, 3.05) is 31.6 Å².